The fourth-order valence-corrected chi connectivity index (χ4v) is 2.81. The van der Waals surface area contributed by atoms with Gasteiger partial charge in [0.25, 0.3) is 0 Å². The zero-order valence-electron chi connectivity index (χ0n) is 14.1. The van der Waals surface area contributed by atoms with Crippen LogP contribution in [0.25, 0.3) is 0 Å². The summed E-state index contributed by atoms with van der Waals surface area (Å²) in [6.07, 6.45) is 0. The lowest BCUT2D eigenvalue weighted by Gasteiger charge is -2.22. The van der Waals surface area contributed by atoms with Gasteiger partial charge >= 0.3 is 0 Å². The van der Waals surface area contributed by atoms with Crippen molar-refractivity contribution in [3.63, 3.8) is 0 Å². The van der Waals surface area contributed by atoms with Crippen molar-refractivity contribution in [2.75, 3.05) is 13.2 Å². The van der Waals surface area contributed by atoms with Gasteiger partial charge in [-0.05, 0) is 38.4 Å². The predicted molar refractivity (Wildman–Crippen MR) is 89.8 cm³/mol. The summed E-state index contributed by atoms with van der Waals surface area (Å²) >= 11 is 0. The first-order chi connectivity index (χ1) is 10.6. The minimum Gasteiger partial charge on any atom is -0.394 e. The van der Waals surface area contributed by atoms with E-state index in [1.54, 1.807) is 0 Å². The molecular weight excluding hydrogens is 274 g/mol. The highest BCUT2D eigenvalue weighted by molar-refractivity contribution is 5.27. The number of aryl methyl sites for hydroxylation is 2. The summed E-state index contributed by atoms with van der Waals surface area (Å²) < 4.78 is 1.91. The van der Waals surface area contributed by atoms with Crippen LogP contribution in [0.2, 0.25) is 0 Å². The Morgan fingerprint density at radius 1 is 1.14 bits per heavy atom. The third kappa shape index (κ3) is 3.76. The topological polar surface area (TPSA) is 41.3 Å². The molecule has 0 aliphatic carbocycles. The summed E-state index contributed by atoms with van der Waals surface area (Å²) in [5, 5.41) is 13.7. The summed E-state index contributed by atoms with van der Waals surface area (Å²) in [4.78, 5) is 2.43. The van der Waals surface area contributed by atoms with Crippen molar-refractivity contribution in [3.8, 4) is 0 Å². The van der Waals surface area contributed by atoms with Gasteiger partial charge in [0.05, 0.1) is 18.8 Å². The molecule has 0 aliphatic heterocycles. The highest BCUT2D eigenvalue weighted by atomic mass is 16.3. The molecule has 0 bridgehead atoms. The van der Waals surface area contributed by atoms with Gasteiger partial charge in [0.2, 0.25) is 0 Å². The number of hydrogen-bond donors (Lipinski definition) is 1. The normalized spacial score (nSPS) is 11.4. The predicted octanol–water partition coefficient (Wildman–Crippen LogP) is 2.82. The fraction of sp³-hybridized carbons (Fsp3) is 0.500. The van der Waals surface area contributed by atoms with E-state index in [9.17, 15) is 0 Å². The van der Waals surface area contributed by atoms with Crippen LogP contribution in [-0.2, 0) is 19.6 Å². The number of hydrogen-bond acceptors (Lipinski definition) is 3. The van der Waals surface area contributed by atoms with Crippen molar-refractivity contribution >= 4 is 0 Å². The molecule has 120 valence electrons. The molecule has 0 spiro atoms. The Morgan fingerprint density at radius 3 is 2.50 bits per heavy atom. The molecule has 1 heterocycles. The first-order valence-corrected chi connectivity index (χ1v) is 7.97. The second-order valence-electron chi connectivity index (χ2n) is 5.83. The first-order valence-electron chi connectivity index (χ1n) is 7.97. The number of nitrogens with zero attached hydrogens (tertiary/aromatic N) is 3. The Bertz CT molecular complexity index is 619. The molecule has 1 aromatic carbocycles. The standard InChI is InChI=1S/C18H27N3O/c1-5-20(12-17-9-7-6-8-14(17)2)13-18-15(3)19-21(10-11-22)16(18)4/h6-9,22H,5,10-13H2,1-4H3. The smallest absolute Gasteiger partial charge is 0.0644 e. The zero-order chi connectivity index (χ0) is 16.1. The molecule has 2 rings (SSSR count). The van der Waals surface area contributed by atoms with Crippen LogP contribution < -0.4 is 0 Å². The number of benzene rings is 1. The Morgan fingerprint density at radius 2 is 1.86 bits per heavy atom. The van der Waals surface area contributed by atoms with Crippen LogP contribution in [0.1, 0.15) is 35.0 Å². The number of aromatic nitrogens is 2. The lowest BCUT2D eigenvalue weighted by atomic mass is 10.1. The number of rotatable bonds is 7. The highest BCUT2D eigenvalue weighted by Crippen LogP contribution is 2.18. The van der Waals surface area contributed by atoms with Crippen LogP contribution in [0.4, 0.5) is 0 Å². The molecule has 2 aromatic rings. The molecule has 0 saturated carbocycles. The Kier molecular flexibility index (Phi) is 5.75. The van der Waals surface area contributed by atoms with E-state index in [0.717, 1.165) is 31.0 Å². The lowest BCUT2D eigenvalue weighted by molar-refractivity contribution is 0.264. The van der Waals surface area contributed by atoms with Crippen molar-refractivity contribution < 1.29 is 5.11 Å². The molecule has 0 radical (unpaired) electrons. The molecule has 0 atom stereocenters. The molecule has 0 amide bonds. The van der Waals surface area contributed by atoms with E-state index >= 15 is 0 Å². The molecular formula is C18H27N3O. The average molecular weight is 301 g/mol. The van der Waals surface area contributed by atoms with Crippen LogP contribution in [0, 0.1) is 20.8 Å². The SMILES string of the molecule is CCN(Cc1ccccc1C)Cc1c(C)nn(CCO)c1C. The molecule has 4 heteroatoms. The Labute approximate surface area is 133 Å². The second kappa shape index (κ2) is 7.56. The van der Waals surface area contributed by atoms with E-state index in [1.807, 2.05) is 4.68 Å². The Balaban J connectivity index is 2.15. The van der Waals surface area contributed by atoms with E-state index < -0.39 is 0 Å². The molecule has 0 fully saturated rings. The minimum absolute atomic E-state index is 0.127. The van der Waals surface area contributed by atoms with Crippen LogP contribution in [-0.4, -0.2) is 32.9 Å². The van der Waals surface area contributed by atoms with Crippen LogP contribution in [0.3, 0.4) is 0 Å². The van der Waals surface area contributed by atoms with E-state index in [1.165, 1.54) is 16.7 Å². The van der Waals surface area contributed by atoms with Gasteiger partial charge in [-0.3, -0.25) is 9.58 Å². The van der Waals surface area contributed by atoms with Gasteiger partial charge in [-0.2, -0.15) is 5.10 Å². The zero-order valence-corrected chi connectivity index (χ0v) is 14.1. The van der Waals surface area contributed by atoms with Crippen molar-refractivity contribution in [1.29, 1.82) is 0 Å². The summed E-state index contributed by atoms with van der Waals surface area (Å²) in [5.74, 6) is 0. The molecule has 1 N–H and O–H groups in total. The minimum atomic E-state index is 0.127. The monoisotopic (exact) mass is 301 g/mol. The van der Waals surface area contributed by atoms with Gasteiger partial charge in [-0.25, -0.2) is 0 Å². The largest absolute Gasteiger partial charge is 0.394 e. The van der Waals surface area contributed by atoms with Crippen LogP contribution >= 0.6 is 0 Å². The summed E-state index contributed by atoms with van der Waals surface area (Å²) in [6.45, 7) is 12.0. The van der Waals surface area contributed by atoms with Crippen LogP contribution in [0.5, 0.6) is 0 Å². The van der Waals surface area contributed by atoms with Crippen LogP contribution in [0.15, 0.2) is 24.3 Å². The lowest BCUT2D eigenvalue weighted by Crippen LogP contribution is -2.23. The van der Waals surface area contributed by atoms with Gasteiger partial charge in [0.15, 0.2) is 0 Å². The molecule has 0 saturated heterocycles. The average Bonchev–Trinajstić information content (AvgIpc) is 2.76. The molecule has 0 unspecified atom stereocenters. The van der Waals surface area contributed by atoms with Crippen molar-refractivity contribution in [3.05, 3.63) is 52.3 Å². The molecule has 22 heavy (non-hydrogen) atoms. The van der Waals surface area contributed by atoms with E-state index in [4.69, 9.17) is 5.11 Å². The Hall–Kier alpha value is -1.65. The maximum absolute atomic E-state index is 9.13. The van der Waals surface area contributed by atoms with Gasteiger partial charge in [0.1, 0.15) is 0 Å². The number of aliphatic hydroxyl groups excluding tert-OH is 1. The maximum atomic E-state index is 9.13. The van der Waals surface area contributed by atoms with Gasteiger partial charge < -0.3 is 5.11 Å². The van der Waals surface area contributed by atoms with Crippen molar-refractivity contribution in [2.45, 2.75) is 47.3 Å². The van der Waals surface area contributed by atoms with Crippen molar-refractivity contribution in [2.24, 2.45) is 0 Å². The summed E-state index contributed by atoms with van der Waals surface area (Å²) in [5.41, 5.74) is 6.22. The van der Waals surface area contributed by atoms with E-state index in [-0.39, 0.29) is 6.61 Å². The van der Waals surface area contributed by atoms with E-state index in [2.05, 4.69) is 62.0 Å². The van der Waals surface area contributed by atoms with Crippen molar-refractivity contribution in [1.82, 2.24) is 14.7 Å². The summed E-state index contributed by atoms with van der Waals surface area (Å²) in [6, 6.07) is 8.56. The van der Waals surface area contributed by atoms with Gasteiger partial charge in [0, 0.05) is 24.3 Å². The highest BCUT2D eigenvalue weighted by Gasteiger charge is 2.15. The molecule has 0 aliphatic rings. The maximum Gasteiger partial charge on any atom is 0.0644 e. The quantitative estimate of drug-likeness (QED) is 0.855. The number of aliphatic hydroxyl groups is 1. The van der Waals surface area contributed by atoms with Gasteiger partial charge in [-0.1, -0.05) is 31.2 Å². The third-order valence-electron chi connectivity index (χ3n) is 4.33. The molecule has 4 nitrogen and oxygen atoms in total. The summed E-state index contributed by atoms with van der Waals surface area (Å²) in [7, 11) is 0. The second-order valence-corrected chi connectivity index (χ2v) is 5.83. The van der Waals surface area contributed by atoms with Gasteiger partial charge in [-0.15, -0.1) is 0 Å². The third-order valence-corrected chi connectivity index (χ3v) is 4.33. The first kappa shape index (κ1) is 16.7. The van der Waals surface area contributed by atoms with E-state index in [0.29, 0.717) is 6.54 Å². The fourth-order valence-electron chi connectivity index (χ4n) is 2.81. The molecule has 1 aromatic heterocycles.